The van der Waals surface area contributed by atoms with Gasteiger partial charge in [0.25, 0.3) is 0 Å². The molecule has 1 atom stereocenters. The van der Waals surface area contributed by atoms with Gasteiger partial charge in [0, 0.05) is 24.9 Å². The van der Waals surface area contributed by atoms with Gasteiger partial charge in [0.1, 0.15) is 0 Å². The zero-order valence-electron chi connectivity index (χ0n) is 10.6. The Morgan fingerprint density at radius 2 is 2.06 bits per heavy atom. The summed E-state index contributed by atoms with van der Waals surface area (Å²) in [5, 5.41) is 4.34. The van der Waals surface area contributed by atoms with E-state index in [9.17, 15) is 0 Å². The van der Waals surface area contributed by atoms with E-state index in [0.717, 1.165) is 5.56 Å². The molecule has 0 radical (unpaired) electrons. The fraction of sp³-hybridized carbons (Fsp3) is 0.357. The predicted molar refractivity (Wildman–Crippen MR) is 72.1 cm³/mol. The van der Waals surface area contributed by atoms with Crippen LogP contribution in [0.3, 0.4) is 0 Å². The maximum atomic E-state index is 5.66. The van der Waals surface area contributed by atoms with E-state index < -0.39 is 0 Å². The van der Waals surface area contributed by atoms with Crippen molar-refractivity contribution in [3.05, 3.63) is 42.7 Å². The number of benzene rings is 1. The van der Waals surface area contributed by atoms with E-state index in [1.54, 1.807) is 0 Å². The van der Waals surface area contributed by atoms with Crippen LogP contribution in [0.5, 0.6) is 0 Å². The fourth-order valence-corrected chi connectivity index (χ4v) is 1.88. The molecule has 0 aliphatic carbocycles. The topological polar surface area (TPSA) is 53.1 Å². The molecule has 1 aromatic carbocycles. The highest BCUT2D eigenvalue weighted by Crippen LogP contribution is 2.17. The summed E-state index contributed by atoms with van der Waals surface area (Å²) in [4.78, 5) is 0. The van der Waals surface area contributed by atoms with Crippen molar-refractivity contribution in [2.75, 3.05) is 13.2 Å². The Kier molecular flexibility index (Phi) is 4.50. The highest BCUT2D eigenvalue weighted by atomic mass is 16.5. The molecular weight excluding hydrogens is 226 g/mol. The average Bonchev–Trinajstić information content (AvgIpc) is 2.88. The molecule has 0 saturated carbocycles. The molecule has 1 aromatic heterocycles. The second kappa shape index (κ2) is 6.33. The third kappa shape index (κ3) is 3.18. The van der Waals surface area contributed by atoms with Crippen LogP contribution in [0.1, 0.15) is 6.92 Å². The third-order valence-electron chi connectivity index (χ3n) is 2.80. The van der Waals surface area contributed by atoms with Crippen LogP contribution in [0.25, 0.3) is 11.1 Å². The van der Waals surface area contributed by atoms with Gasteiger partial charge in [-0.1, -0.05) is 30.3 Å². The molecule has 0 spiro atoms. The Morgan fingerprint density at radius 1 is 1.28 bits per heavy atom. The van der Waals surface area contributed by atoms with Crippen molar-refractivity contribution in [3.63, 3.8) is 0 Å². The van der Waals surface area contributed by atoms with Gasteiger partial charge in [-0.3, -0.25) is 4.68 Å². The van der Waals surface area contributed by atoms with Gasteiger partial charge in [-0.25, -0.2) is 0 Å². The lowest BCUT2D eigenvalue weighted by molar-refractivity contribution is 0.0542. The summed E-state index contributed by atoms with van der Waals surface area (Å²) in [6.07, 6.45) is 3.92. The summed E-state index contributed by atoms with van der Waals surface area (Å²) in [6.45, 7) is 3.85. The van der Waals surface area contributed by atoms with Crippen molar-refractivity contribution >= 4 is 0 Å². The first-order valence-electron chi connectivity index (χ1n) is 6.23. The Hall–Kier alpha value is -1.65. The standard InChI is InChI=1S/C14H19N3O/c1-2-18-14(8-15)11-17-10-13(9-16-17)12-6-4-3-5-7-12/h3-7,9-10,14H,2,8,11,15H2,1H3. The van der Waals surface area contributed by atoms with Crippen LogP contribution in [-0.4, -0.2) is 29.0 Å². The smallest absolute Gasteiger partial charge is 0.0892 e. The number of nitrogens with zero attached hydrogens (tertiary/aromatic N) is 2. The van der Waals surface area contributed by atoms with Gasteiger partial charge in [-0.15, -0.1) is 0 Å². The zero-order chi connectivity index (χ0) is 12.8. The highest BCUT2D eigenvalue weighted by Gasteiger charge is 2.08. The molecule has 0 aliphatic rings. The Morgan fingerprint density at radius 3 is 2.72 bits per heavy atom. The van der Waals surface area contributed by atoms with Gasteiger partial charge >= 0.3 is 0 Å². The molecule has 0 bridgehead atoms. The van der Waals surface area contributed by atoms with Gasteiger partial charge in [-0.05, 0) is 12.5 Å². The maximum Gasteiger partial charge on any atom is 0.0892 e. The summed E-state index contributed by atoms with van der Waals surface area (Å²) in [5.74, 6) is 0. The summed E-state index contributed by atoms with van der Waals surface area (Å²) < 4.78 is 7.41. The minimum atomic E-state index is 0.0264. The summed E-state index contributed by atoms with van der Waals surface area (Å²) in [5.41, 5.74) is 7.94. The summed E-state index contributed by atoms with van der Waals surface area (Å²) >= 11 is 0. The summed E-state index contributed by atoms with van der Waals surface area (Å²) in [6, 6.07) is 10.2. The average molecular weight is 245 g/mol. The Balaban J connectivity index is 2.06. The van der Waals surface area contributed by atoms with Crippen LogP contribution in [0.4, 0.5) is 0 Å². The first-order chi connectivity index (χ1) is 8.83. The number of ether oxygens (including phenoxy) is 1. The zero-order valence-corrected chi connectivity index (χ0v) is 10.6. The highest BCUT2D eigenvalue weighted by molar-refractivity contribution is 5.61. The Bertz CT molecular complexity index is 467. The predicted octanol–water partition coefficient (Wildman–Crippen LogP) is 1.91. The fourth-order valence-electron chi connectivity index (χ4n) is 1.88. The lowest BCUT2D eigenvalue weighted by atomic mass is 10.1. The van der Waals surface area contributed by atoms with E-state index in [-0.39, 0.29) is 6.10 Å². The second-order valence-corrected chi connectivity index (χ2v) is 4.13. The monoisotopic (exact) mass is 245 g/mol. The van der Waals surface area contributed by atoms with Crippen molar-refractivity contribution in [1.82, 2.24) is 9.78 Å². The van der Waals surface area contributed by atoms with Crippen molar-refractivity contribution in [2.24, 2.45) is 5.73 Å². The lowest BCUT2D eigenvalue weighted by Crippen LogP contribution is -2.28. The van der Waals surface area contributed by atoms with Crippen LogP contribution in [0, 0.1) is 0 Å². The number of rotatable bonds is 6. The van der Waals surface area contributed by atoms with Gasteiger partial charge in [0.05, 0.1) is 18.8 Å². The molecule has 0 fully saturated rings. The van der Waals surface area contributed by atoms with Crippen molar-refractivity contribution < 1.29 is 4.74 Å². The van der Waals surface area contributed by atoms with Crippen LogP contribution in [0.15, 0.2) is 42.7 Å². The largest absolute Gasteiger partial charge is 0.375 e. The van der Waals surface area contributed by atoms with Gasteiger partial charge in [0.2, 0.25) is 0 Å². The normalized spacial score (nSPS) is 12.6. The molecule has 0 saturated heterocycles. The molecule has 0 amide bonds. The molecule has 4 heteroatoms. The van der Waals surface area contributed by atoms with Crippen molar-refractivity contribution in [2.45, 2.75) is 19.6 Å². The lowest BCUT2D eigenvalue weighted by Gasteiger charge is -2.14. The van der Waals surface area contributed by atoms with Gasteiger partial charge in [-0.2, -0.15) is 5.10 Å². The molecule has 2 rings (SSSR count). The number of nitrogens with two attached hydrogens (primary N) is 1. The molecule has 1 unspecified atom stereocenters. The third-order valence-corrected chi connectivity index (χ3v) is 2.80. The van der Waals surface area contributed by atoms with Crippen molar-refractivity contribution in [1.29, 1.82) is 0 Å². The number of aromatic nitrogens is 2. The van der Waals surface area contributed by atoms with Gasteiger partial charge in [0.15, 0.2) is 0 Å². The quantitative estimate of drug-likeness (QED) is 0.846. The molecule has 4 nitrogen and oxygen atoms in total. The maximum absolute atomic E-state index is 5.66. The SMILES string of the molecule is CCOC(CN)Cn1cc(-c2ccccc2)cn1. The van der Waals surface area contributed by atoms with E-state index >= 15 is 0 Å². The van der Waals surface area contributed by atoms with E-state index in [0.29, 0.717) is 19.7 Å². The van der Waals surface area contributed by atoms with Gasteiger partial charge < -0.3 is 10.5 Å². The first kappa shape index (κ1) is 12.8. The van der Waals surface area contributed by atoms with Crippen LogP contribution in [0.2, 0.25) is 0 Å². The molecular formula is C14H19N3O. The molecule has 18 heavy (non-hydrogen) atoms. The molecule has 0 aliphatic heterocycles. The van der Waals surface area contributed by atoms with E-state index in [1.807, 2.05) is 42.2 Å². The number of hydrogen-bond acceptors (Lipinski definition) is 3. The molecule has 1 heterocycles. The Labute approximate surface area is 107 Å². The van der Waals surface area contributed by atoms with Crippen LogP contribution in [-0.2, 0) is 11.3 Å². The minimum Gasteiger partial charge on any atom is -0.375 e. The van der Waals surface area contributed by atoms with E-state index in [2.05, 4.69) is 17.2 Å². The van der Waals surface area contributed by atoms with E-state index in [4.69, 9.17) is 10.5 Å². The van der Waals surface area contributed by atoms with Crippen LogP contribution >= 0.6 is 0 Å². The van der Waals surface area contributed by atoms with Crippen molar-refractivity contribution in [3.8, 4) is 11.1 Å². The number of hydrogen-bond donors (Lipinski definition) is 1. The second-order valence-electron chi connectivity index (χ2n) is 4.13. The minimum absolute atomic E-state index is 0.0264. The molecule has 2 aromatic rings. The van der Waals surface area contributed by atoms with E-state index in [1.165, 1.54) is 5.56 Å². The molecule has 2 N–H and O–H groups in total. The summed E-state index contributed by atoms with van der Waals surface area (Å²) in [7, 11) is 0. The molecule has 96 valence electrons. The van der Waals surface area contributed by atoms with Crippen LogP contribution < -0.4 is 5.73 Å². The first-order valence-corrected chi connectivity index (χ1v) is 6.23.